The van der Waals surface area contributed by atoms with Gasteiger partial charge < -0.3 is 10.2 Å². The third-order valence-electron chi connectivity index (χ3n) is 6.11. The first-order valence-corrected chi connectivity index (χ1v) is 13.1. The molecular formula is C28H23N7O5S. The number of aliphatic hydroxyl groups excluding tert-OH is 1. The number of anilines is 1. The van der Waals surface area contributed by atoms with Crippen LogP contribution in [0.1, 0.15) is 16.8 Å². The van der Waals surface area contributed by atoms with Crippen LogP contribution in [0.25, 0.3) is 27.4 Å². The molecule has 0 spiro atoms. The quantitative estimate of drug-likeness (QED) is 0.121. The fourth-order valence-corrected chi connectivity index (χ4v) is 4.98. The largest absolute Gasteiger partial charge is 0.477 e. The molecule has 5 aromatic rings. The number of nitrogens with one attached hydrogen (secondary N) is 1. The highest BCUT2D eigenvalue weighted by atomic mass is 32.1. The molecular weight excluding hydrogens is 546 g/mol. The summed E-state index contributed by atoms with van der Waals surface area (Å²) in [5.74, 6) is -1.31. The summed E-state index contributed by atoms with van der Waals surface area (Å²) in [6.07, 6.45) is 1.39. The normalized spacial score (nSPS) is 11.4. The van der Waals surface area contributed by atoms with Crippen molar-refractivity contribution in [2.75, 3.05) is 5.43 Å². The summed E-state index contributed by atoms with van der Waals surface area (Å²) in [4.78, 5) is 28.3. The molecule has 12 nitrogen and oxygen atoms in total. The molecule has 0 unspecified atom stereocenters. The number of para-hydroxylation sites is 1. The predicted molar refractivity (Wildman–Crippen MR) is 154 cm³/mol. The van der Waals surface area contributed by atoms with E-state index in [-0.39, 0.29) is 30.0 Å². The Morgan fingerprint density at radius 3 is 2.59 bits per heavy atom. The van der Waals surface area contributed by atoms with E-state index in [1.54, 1.807) is 16.9 Å². The third-order valence-corrected chi connectivity index (χ3v) is 7.12. The minimum absolute atomic E-state index is 0.182. The summed E-state index contributed by atoms with van der Waals surface area (Å²) in [6, 6.07) is 21.3. The van der Waals surface area contributed by atoms with Gasteiger partial charge >= 0.3 is 5.97 Å². The number of nitro benzene ring substituents is 1. The number of aryl methyl sites for hydroxylation is 1. The van der Waals surface area contributed by atoms with Gasteiger partial charge in [0.1, 0.15) is 11.4 Å². The smallest absolute Gasteiger partial charge is 0.352 e. The molecule has 3 aromatic carbocycles. The highest BCUT2D eigenvalue weighted by Crippen LogP contribution is 2.39. The second-order valence-electron chi connectivity index (χ2n) is 8.96. The van der Waals surface area contributed by atoms with E-state index in [9.17, 15) is 25.1 Å². The number of hydrogen-bond donors (Lipinski definition) is 3. The van der Waals surface area contributed by atoms with Crippen LogP contribution in [0.3, 0.4) is 0 Å². The Labute approximate surface area is 237 Å². The molecule has 0 atom stereocenters. The van der Waals surface area contributed by atoms with Gasteiger partial charge in [-0.05, 0) is 24.6 Å². The van der Waals surface area contributed by atoms with E-state index in [1.807, 2.05) is 55.5 Å². The van der Waals surface area contributed by atoms with Gasteiger partial charge in [0.25, 0.3) is 5.69 Å². The van der Waals surface area contributed by atoms with Crippen LogP contribution in [0, 0.1) is 17.0 Å². The van der Waals surface area contributed by atoms with Gasteiger partial charge in [0, 0.05) is 23.6 Å². The van der Waals surface area contributed by atoms with E-state index >= 15 is 0 Å². The Kier molecular flexibility index (Phi) is 7.90. The Hall–Kier alpha value is -5.27. The van der Waals surface area contributed by atoms with Gasteiger partial charge in [0.2, 0.25) is 5.13 Å². The fraction of sp³-hybridized carbons (Fsp3) is 0.107. The first kappa shape index (κ1) is 27.3. The molecule has 2 heterocycles. The number of nitro groups is 1. The van der Waals surface area contributed by atoms with Gasteiger partial charge in [0.05, 0.1) is 34.0 Å². The highest BCUT2D eigenvalue weighted by molar-refractivity contribution is 7.19. The molecule has 41 heavy (non-hydrogen) atoms. The molecule has 0 saturated carbocycles. The SMILES string of the molecule is Cc1ccc(-c2nc(N/N=C(/Cc3ccccc3[N+](=O)[O-])C(=O)O)sc2-c2cccc(-n3cc(CO)nn3)c2)cc1. The first-order valence-electron chi connectivity index (χ1n) is 12.3. The average Bonchev–Trinajstić information content (AvgIpc) is 3.63. The lowest BCUT2D eigenvalue weighted by Gasteiger charge is -2.06. The molecule has 2 aromatic heterocycles. The Balaban J connectivity index is 1.52. The molecule has 13 heteroatoms. The zero-order chi connectivity index (χ0) is 28.9. The summed E-state index contributed by atoms with van der Waals surface area (Å²) in [5, 5.41) is 42.9. The van der Waals surface area contributed by atoms with Crippen molar-refractivity contribution in [3.05, 3.63) is 106 Å². The highest BCUT2D eigenvalue weighted by Gasteiger charge is 2.20. The van der Waals surface area contributed by atoms with Crippen molar-refractivity contribution in [3.8, 4) is 27.4 Å². The summed E-state index contributed by atoms with van der Waals surface area (Å²) in [5.41, 5.74) is 7.09. The zero-order valence-corrected chi connectivity index (χ0v) is 22.4. The van der Waals surface area contributed by atoms with Crippen LogP contribution in [0.5, 0.6) is 0 Å². The van der Waals surface area contributed by atoms with Crippen LogP contribution in [0.4, 0.5) is 10.8 Å². The van der Waals surface area contributed by atoms with E-state index in [1.165, 1.54) is 29.5 Å². The van der Waals surface area contributed by atoms with Crippen LogP contribution in [-0.4, -0.2) is 46.8 Å². The topological polar surface area (TPSA) is 169 Å². The number of carbonyl (C=O) groups is 1. The van der Waals surface area contributed by atoms with Crippen molar-refractivity contribution in [1.82, 2.24) is 20.0 Å². The van der Waals surface area contributed by atoms with Crippen LogP contribution < -0.4 is 5.43 Å². The minimum Gasteiger partial charge on any atom is -0.477 e. The van der Waals surface area contributed by atoms with Gasteiger partial charge in [-0.2, -0.15) is 5.10 Å². The van der Waals surface area contributed by atoms with Crippen molar-refractivity contribution >= 4 is 33.8 Å². The molecule has 0 saturated heterocycles. The summed E-state index contributed by atoms with van der Waals surface area (Å²) in [6.45, 7) is 1.76. The first-order chi connectivity index (χ1) is 19.8. The Bertz CT molecular complexity index is 1760. The summed E-state index contributed by atoms with van der Waals surface area (Å²) >= 11 is 1.28. The number of rotatable bonds is 10. The summed E-state index contributed by atoms with van der Waals surface area (Å²) in [7, 11) is 0. The monoisotopic (exact) mass is 569 g/mol. The van der Waals surface area contributed by atoms with E-state index in [0.717, 1.165) is 27.3 Å². The third kappa shape index (κ3) is 6.16. The molecule has 0 bridgehead atoms. The lowest BCUT2D eigenvalue weighted by atomic mass is 10.1. The fourth-order valence-electron chi connectivity index (χ4n) is 4.05. The number of aliphatic carboxylic acids is 1. The zero-order valence-electron chi connectivity index (χ0n) is 21.6. The van der Waals surface area contributed by atoms with Gasteiger partial charge in [-0.25, -0.2) is 14.5 Å². The average molecular weight is 570 g/mol. The van der Waals surface area contributed by atoms with E-state index in [4.69, 9.17) is 4.98 Å². The van der Waals surface area contributed by atoms with E-state index in [0.29, 0.717) is 16.5 Å². The van der Waals surface area contributed by atoms with Crippen molar-refractivity contribution in [2.24, 2.45) is 5.10 Å². The molecule has 0 aliphatic heterocycles. The molecule has 0 aliphatic carbocycles. The molecule has 0 aliphatic rings. The second-order valence-corrected chi connectivity index (χ2v) is 9.96. The standard InChI is InChI=1S/C28H23N7O5S/c1-17-9-11-18(12-10-17)25-26(20-6-4-7-22(13-20)34-15-21(16-36)30-33-34)41-28(29-25)32-31-23(27(37)38)14-19-5-2-3-8-24(19)35(39)40/h2-13,15,36H,14,16H2,1H3,(H,29,32)(H,37,38)/b31-23-. The predicted octanol–water partition coefficient (Wildman–Crippen LogP) is 4.86. The molecule has 0 radical (unpaired) electrons. The number of benzene rings is 3. The van der Waals surface area contributed by atoms with Crippen LogP contribution in [-0.2, 0) is 17.8 Å². The van der Waals surface area contributed by atoms with E-state index in [2.05, 4.69) is 20.8 Å². The lowest BCUT2D eigenvalue weighted by Crippen LogP contribution is -2.18. The molecule has 0 fully saturated rings. The Morgan fingerprint density at radius 2 is 1.88 bits per heavy atom. The number of aliphatic hydroxyl groups is 1. The maximum Gasteiger partial charge on any atom is 0.352 e. The number of nitrogens with zero attached hydrogens (tertiary/aromatic N) is 6. The van der Waals surface area contributed by atoms with Crippen LogP contribution >= 0.6 is 11.3 Å². The number of carboxylic acids is 1. The van der Waals surface area contributed by atoms with Crippen LogP contribution in [0.2, 0.25) is 0 Å². The number of aromatic nitrogens is 4. The lowest BCUT2D eigenvalue weighted by molar-refractivity contribution is -0.385. The van der Waals surface area contributed by atoms with Crippen molar-refractivity contribution < 1.29 is 19.9 Å². The number of hydrogen-bond acceptors (Lipinski definition) is 10. The second kappa shape index (κ2) is 11.9. The van der Waals surface area contributed by atoms with Crippen molar-refractivity contribution in [3.63, 3.8) is 0 Å². The van der Waals surface area contributed by atoms with Crippen molar-refractivity contribution in [1.29, 1.82) is 0 Å². The molecule has 3 N–H and O–H groups in total. The number of thiazole rings is 1. The molecule has 206 valence electrons. The van der Waals surface area contributed by atoms with Gasteiger partial charge in [-0.15, -0.1) is 5.10 Å². The molecule has 5 rings (SSSR count). The number of carboxylic acid groups (broad SMARTS) is 1. The maximum atomic E-state index is 12.0. The van der Waals surface area contributed by atoms with Crippen LogP contribution in [0.15, 0.2) is 84.1 Å². The maximum absolute atomic E-state index is 12.0. The van der Waals surface area contributed by atoms with Gasteiger partial charge in [-0.3, -0.25) is 15.5 Å². The number of hydrazone groups is 1. The van der Waals surface area contributed by atoms with E-state index < -0.39 is 10.9 Å². The van der Waals surface area contributed by atoms with Gasteiger partial charge in [-0.1, -0.05) is 76.7 Å². The minimum atomic E-state index is -1.31. The van der Waals surface area contributed by atoms with Gasteiger partial charge in [0.15, 0.2) is 0 Å². The summed E-state index contributed by atoms with van der Waals surface area (Å²) < 4.78 is 1.56. The Morgan fingerprint density at radius 1 is 1.10 bits per heavy atom. The molecule has 0 amide bonds. The van der Waals surface area contributed by atoms with Crippen molar-refractivity contribution in [2.45, 2.75) is 20.0 Å².